The van der Waals surface area contributed by atoms with Crippen LogP contribution >= 0.6 is 0 Å². The van der Waals surface area contributed by atoms with Crippen molar-refractivity contribution >= 4 is 22.3 Å². The molecule has 0 bridgehead atoms. The van der Waals surface area contributed by atoms with Gasteiger partial charge in [0, 0.05) is 30.4 Å². The molecule has 2 aromatic rings. The van der Waals surface area contributed by atoms with Crippen molar-refractivity contribution in [3.8, 4) is 0 Å². The number of pyridine rings is 1. The number of aromatic nitrogens is 1. The summed E-state index contributed by atoms with van der Waals surface area (Å²) < 4.78 is 0. The first-order valence-corrected chi connectivity index (χ1v) is 6.14. The third-order valence-electron chi connectivity index (χ3n) is 3.55. The molecule has 2 N–H and O–H groups in total. The molecule has 0 amide bonds. The summed E-state index contributed by atoms with van der Waals surface area (Å²) in [6.07, 6.45) is 3.10. The zero-order chi connectivity index (χ0) is 11.8. The van der Waals surface area contributed by atoms with Gasteiger partial charge >= 0.3 is 0 Å². The molecule has 3 nitrogen and oxygen atoms in total. The number of hydrogen-bond donors (Lipinski definition) is 1. The molecule has 1 unspecified atom stereocenters. The van der Waals surface area contributed by atoms with Crippen LogP contribution in [0.5, 0.6) is 0 Å². The van der Waals surface area contributed by atoms with Gasteiger partial charge in [-0.25, -0.2) is 0 Å². The van der Waals surface area contributed by atoms with E-state index in [0.29, 0.717) is 0 Å². The Bertz CT molecular complexity index is 550. The average Bonchev–Trinajstić information content (AvgIpc) is 2.77. The molecule has 3 heteroatoms. The Morgan fingerprint density at radius 2 is 2.24 bits per heavy atom. The molecule has 1 atom stereocenters. The van der Waals surface area contributed by atoms with Gasteiger partial charge in [0.05, 0.1) is 11.2 Å². The molecule has 88 valence electrons. The molecular weight excluding hydrogens is 210 g/mol. The average molecular weight is 227 g/mol. The molecule has 0 radical (unpaired) electrons. The van der Waals surface area contributed by atoms with Crippen LogP contribution < -0.4 is 10.6 Å². The van der Waals surface area contributed by atoms with Crippen LogP contribution in [0.25, 0.3) is 10.9 Å². The molecular formula is C14H17N3. The summed E-state index contributed by atoms with van der Waals surface area (Å²) in [6, 6.07) is 8.07. The SMILES string of the molecule is CC1CCN(c2ccc(N)c3cccnc23)C1. The van der Waals surface area contributed by atoms with E-state index in [-0.39, 0.29) is 0 Å². The standard InChI is InChI=1S/C14H17N3/c1-10-6-8-17(9-10)13-5-4-12(15)11-3-2-7-16-14(11)13/h2-5,7,10H,6,8-9,15H2,1H3. The Morgan fingerprint density at radius 3 is 3.00 bits per heavy atom. The van der Waals surface area contributed by atoms with Crippen LogP contribution in [0.2, 0.25) is 0 Å². The smallest absolute Gasteiger partial charge is 0.0955 e. The quantitative estimate of drug-likeness (QED) is 0.762. The van der Waals surface area contributed by atoms with Gasteiger partial charge in [-0.05, 0) is 36.6 Å². The van der Waals surface area contributed by atoms with Crippen molar-refractivity contribution in [2.24, 2.45) is 5.92 Å². The second-order valence-electron chi connectivity index (χ2n) is 4.91. The summed E-state index contributed by atoms with van der Waals surface area (Å²) in [5.74, 6) is 0.770. The Labute approximate surface area is 101 Å². The van der Waals surface area contributed by atoms with Gasteiger partial charge in [-0.3, -0.25) is 4.98 Å². The van der Waals surface area contributed by atoms with Crippen LogP contribution in [0.1, 0.15) is 13.3 Å². The van der Waals surface area contributed by atoms with E-state index in [2.05, 4.69) is 22.9 Å². The van der Waals surface area contributed by atoms with E-state index < -0.39 is 0 Å². The van der Waals surface area contributed by atoms with Gasteiger partial charge in [-0.1, -0.05) is 6.92 Å². The molecule has 0 saturated carbocycles. The topological polar surface area (TPSA) is 42.1 Å². The van der Waals surface area contributed by atoms with E-state index in [1.165, 1.54) is 12.1 Å². The molecule has 1 aromatic carbocycles. The van der Waals surface area contributed by atoms with E-state index in [1.807, 2.05) is 24.4 Å². The summed E-state index contributed by atoms with van der Waals surface area (Å²) in [4.78, 5) is 6.91. The lowest BCUT2D eigenvalue weighted by molar-refractivity contribution is 0.659. The van der Waals surface area contributed by atoms with Crippen LogP contribution in [-0.2, 0) is 0 Å². The van der Waals surface area contributed by atoms with E-state index >= 15 is 0 Å². The summed E-state index contributed by atoms with van der Waals surface area (Å²) in [7, 11) is 0. The minimum absolute atomic E-state index is 0.770. The number of rotatable bonds is 1. The minimum atomic E-state index is 0.770. The highest BCUT2D eigenvalue weighted by atomic mass is 15.2. The Balaban J connectivity index is 2.14. The maximum atomic E-state index is 5.99. The normalized spacial score (nSPS) is 20.1. The maximum absolute atomic E-state index is 5.99. The van der Waals surface area contributed by atoms with Gasteiger partial charge in [-0.15, -0.1) is 0 Å². The van der Waals surface area contributed by atoms with Crippen molar-refractivity contribution in [1.29, 1.82) is 0 Å². The first-order valence-electron chi connectivity index (χ1n) is 6.14. The fourth-order valence-electron chi connectivity index (χ4n) is 2.59. The molecule has 1 aliphatic heterocycles. The number of nitrogens with zero attached hydrogens (tertiary/aromatic N) is 2. The lowest BCUT2D eigenvalue weighted by atomic mass is 10.1. The zero-order valence-corrected chi connectivity index (χ0v) is 10.1. The second-order valence-corrected chi connectivity index (χ2v) is 4.91. The Hall–Kier alpha value is -1.77. The van der Waals surface area contributed by atoms with Crippen molar-refractivity contribution in [3.63, 3.8) is 0 Å². The fourth-order valence-corrected chi connectivity index (χ4v) is 2.59. The van der Waals surface area contributed by atoms with Crippen LogP contribution in [0, 0.1) is 5.92 Å². The van der Waals surface area contributed by atoms with Gasteiger partial charge < -0.3 is 10.6 Å². The summed E-state index contributed by atoms with van der Waals surface area (Å²) >= 11 is 0. The fraction of sp³-hybridized carbons (Fsp3) is 0.357. The van der Waals surface area contributed by atoms with Gasteiger partial charge in [0.1, 0.15) is 0 Å². The van der Waals surface area contributed by atoms with Gasteiger partial charge in [0.15, 0.2) is 0 Å². The third kappa shape index (κ3) is 1.71. The second kappa shape index (κ2) is 3.91. The number of hydrogen-bond acceptors (Lipinski definition) is 3. The highest BCUT2D eigenvalue weighted by Gasteiger charge is 2.21. The number of nitrogens with two attached hydrogens (primary N) is 1. The van der Waals surface area contributed by atoms with Crippen molar-refractivity contribution in [2.75, 3.05) is 23.7 Å². The van der Waals surface area contributed by atoms with Crippen molar-refractivity contribution in [2.45, 2.75) is 13.3 Å². The molecule has 3 rings (SSSR count). The largest absolute Gasteiger partial charge is 0.398 e. The highest BCUT2D eigenvalue weighted by molar-refractivity contribution is 5.98. The first kappa shape index (κ1) is 10.4. The molecule has 0 aliphatic carbocycles. The summed E-state index contributed by atoms with van der Waals surface area (Å²) in [5.41, 5.74) is 9.05. The number of fused-ring (bicyclic) bond motifs is 1. The zero-order valence-electron chi connectivity index (χ0n) is 10.1. The number of anilines is 2. The number of benzene rings is 1. The van der Waals surface area contributed by atoms with E-state index in [0.717, 1.165) is 35.6 Å². The van der Waals surface area contributed by atoms with Gasteiger partial charge in [0.25, 0.3) is 0 Å². The van der Waals surface area contributed by atoms with Crippen LogP contribution in [-0.4, -0.2) is 18.1 Å². The molecule has 1 aliphatic rings. The van der Waals surface area contributed by atoms with Gasteiger partial charge in [-0.2, -0.15) is 0 Å². The molecule has 17 heavy (non-hydrogen) atoms. The number of nitrogen functional groups attached to an aromatic ring is 1. The molecule has 1 fully saturated rings. The van der Waals surface area contributed by atoms with Crippen molar-refractivity contribution < 1.29 is 0 Å². The van der Waals surface area contributed by atoms with Crippen LogP contribution in [0.4, 0.5) is 11.4 Å². The molecule has 0 spiro atoms. The van der Waals surface area contributed by atoms with E-state index in [1.54, 1.807) is 0 Å². The van der Waals surface area contributed by atoms with Gasteiger partial charge in [0.2, 0.25) is 0 Å². The third-order valence-corrected chi connectivity index (χ3v) is 3.55. The Kier molecular flexibility index (Phi) is 2.39. The predicted octanol–water partition coefficient (Wildman–Crippen LogP) is 2.66. The lowest BCUT2D eigenvalue weighted by Gasteiger charge is -2.20. The highest BCUT2D eigenvalue weighted by Crippen LogP contribution is 2.32. The molecule has 1 aromatic heterocycles. The molecule has 2 heterocycles. The van der Waals surface area contributed by atoms with E-state index in [9.17, 15) is 0 Å². The van der Waals surface area contributed by atoms with E-state index in [4.69, 9.17) is 5.73 Å². The maximum Gasteiger partial charge on any atom is 0.0955 e. The minimum Gasteiger partial charge on any atom is -0.398 e. The summed E-state index contributed by atoms with van der Waals surface area (Å²) in [5, 5.41) is 1.06. The van der Waals surface area contributed by atoms with Crippen molar-refractivity contribution in [1.82, 2.24) is 4.98 Å². The molecule has 1 saturated heterocycles. The van der Waals surface area contributed by atoms with Crippen LogP contribution in [0.3, 0.4) is 0 Å². The monoisotopic (exact) mass is 227 g/mol. The lowest BCUT2D eigenvalue weighted by Crippen LogP contribution is -2.19. The summed E-state index contributed by atoms with van der Waals surface area (Å²) in [6.45, 7) is 4.54. The predicted molar refractivity (Wildman–Crippen MR) is 72.1 cm³/mol. The first-order chi connectivity index (χ1) is 8.25. The van der Waals surface area contributed by atoms with Crippen molar-refractivity contribution in [3.05, 3.63) is 30.5 Å². The van der Waals surface area contributed by atoms with Crippen LogP contribution in [0.15, 0.2) is 30.5 Å². The Morgan fingerprint density at radius 1 is 1.35 bits per heavy atom.